The maximum absolute atomic E-state index is 12.3. The molecule has 0 aliphatic rings. The van der Waals surface area contributed by atoms with Gasteiger partial charge in [-0.3, -0.25) is 9.59 Å². The van der Waals surface area contributed by atoms with E-state index in [1.54, 1.807) is 0 Å². The zero-order valence-corrected chi connectivity index (χ0v) is 16.7. The third kappa shape index (κ3) is 5.04. The topological polar surface area (TPSA) is 94.3 Å². The quantitative estimate of drug-likeness (QED) is 0.605. The number of carbonyl (C=O) groups is 2. The van der Waals surface area contributed by atoms with Gasteiger partial charge in [-0.2, -0.15) is 16.3 Å². The van der Waals surface area contributed by atoms with Gasteiger partial charge in [-0.1, -0.05) is 22.9 Å². The summed E-state index contributed by atoms with van der Waals surface area (Å²) in [5.41, 5.74) is 3.63. The van der Waals surface area contributed by atoms with E-state index in [-0.39, 0.29) is 18.7 Å². The van der Waals surface area contributed by atoms with Gasteiger partial charge in [0, 0.05) is 23.1 Å². The van der Waals surface area contributed by atoms with Crippen molar-refractivity contribution < 1.29 is 18.8 Å². The SMILES string of the molecule is Cc1ccc(NC(=O)[C@H](C)OC(=O)CCc2nc(-c3ccsc3)no2)c(C)c1. The molecule has 0 aliphatic heterocycles. The van der Waals surface area contributed by atoms with E-state index in [1.807, 2.05) is 48.9 Å². The van der Waals surface area contributed by atoms with Crippen molar-refractivity contribution in [3.63, 3.8) is 0 Å². The Labute approximate surface area is 166 Å². The van der Waals surface area contributed by atoms with Crippen LogP contribution in [0.1, 0.15) is 30.4 Å². The summed E-state index contributed by atoms with van der Waals surface area (Å²) in [4.78, 5) is 28.6. The van der Waals surface area contributed by atoms with Crippen LogP contribution in [0.25, 0.3) is 11.4 Å². The molecule has 0 aliphatic carbocycles. The molecule has 0 spiro atoms. The second-order valence-corrected chi connectivity index (χ2v) is 7.24. The van der Waals surface area contributed by atoms with E-state index >= 15 is 0 Å². The Kier molecular flexibility index (Phi) is 6.20. The summed E-state index contributed by atoms with van der Waals surface area (Å²) < 4.78 is 10.4. The molecule has 8 heteroatoms. The molecule has 28 heavy (non-hydrogen) atoms. The number of hydrogen-bond donors (Lipinski definition) is 1. The average molecular weight is 399 g/mol. The fraction of sp³-hybridized carbons (Fsp3) is 0.300. The van der Waals surface area contributed by atoms with Crippen LogP contribution >= 0.6 is 11.3 Å². The molecule has 1 aromatic carbocycles. The van der Waals surface area contributed by atoms with Gasteiger partial charge in [0.15, 0.2) is 6.10 Å². The number of benzene rings is 1. The number of thiophene rings is 1. The van der Waals surface area contributed by atoms with Gasteiger partial charge in [-0.05, 0) is 43.8 Å². The number of ether oxygens (including phenoxy) is 1. The molecule has 3 aromatic rings. The average Bonchev–Trinajstić information content (AvgIpc) is 3.33. The van der Waals surface area contributed by atoms with Gasteiger partial charge >= 0.3 is 5.97 Å². The zero-order chi connectivity index (χ0) is 20.1. The van der Waals surface area contributed by atoms with E-state index < -0.39 is 12.1 Å². The van der Waals surface area contributed by atoms with Crippen LogP contribution in [0.15, 0.2) is 39.5 Å². The molecular weight excluding hydrogens is 378 g/mol. The monoisotopic (exact) mass is 399 g/mol. The van der Waals surface area contributed by atoms with E-state index in [9.17, 15) is 9.59 Å². The molecule has 1 atom stereocenters. The minimum Gasteiger partial charge on any atom is -0.453 e. The summed E-state index contributed by atoms with van der Waals surface area (Å²) in [6, 6.07) is 7.61. The van der Waals surface area contributed by atoms with E-state index in [1.165, 1.54) is 18.3 Å². The summed E-state index contributed by atoms with van der Waals surface area (Å²) in [6.45, 7) is 5.43. The zero-order valence-electron chi connectivity index (χ0n) is 15.9. The Hall–Kier alpha value is -3.00. The molecule has 0 saturated carbocycles. The normalized spacial score (nSPS) is 11.8. The molecule has 0 radical (unpaired) electrons. The van der Waals surface area contributed by atoms with Crippen LogP contribution in [-0.4, -0.2) is 28.1 Å². The highest BCUT2D eigenvalue weighted by Gasteiger charge is 2.19. The Morgan fingerprint density at radius 2 is 2.11 bits per heavy atom. The van der Waals surface area contributed by atoms with Crippen LogP contribution in [-0.2, 0) is 20.7 Å². The van der Waals surface area contributed by atoms with E-state index in [0.29, 0.717) is 17.4 Å². The number of hydrogen-bond acceptors (Lipinski definition) is 7. The Balaban J connectivity index is 1.48. The van der Waals surface area contributed by atoms with Crippen molar-refractivity contribution in [3.8, 4) is 11.4 Å². The van der Waals surface area contributed by atoms with Crippen LogP contribution in [0, 0.1) is 13.8 Å². The summed E-state index contributed by atoms with van der Waals surface area (Å²) in [5.74, 6) is -0.0345. The molecule has 1 amide bonds. The first kappa shape index (κ1) is 19.8. The number of aromatic nitrogens is 2. The molecule has 1 N–H and O–H groups in total. The molecule has 0 fully saturated rings. The first-order chi connectivity index (χ1) is 13.4. The van der Waals surface area contributed by atoms with Crippen molar-refractivity contribution >= 4 is 28.9 Å². The largest absolute Gasteiger partial charge is 0.453 e. The number of nitrogens with zero attached hydrogens (tertiary/aromatic N) is 2. The predicted octanol–water partition coefficient (Wildman–Crippen LogP) is 3.92. The van der Waals surface area contributed by atoms with Gasteiger partial charge in [0.1, 0.15) is 0 Å². The van der Waals surface area contributed by atoms with Gasteiger partial charge in [0.2, 0.25) is 11.7 Å². The highest BCUT2D eigenvalue weighted by atomic mass is 32.1. The molecule has 2 aromatic heterocycles. The van der Waals surface area contributed by atoms with Crippen molar-refractivity contribution in [1.82, 2.24) is 10.1 Å². The van der Waals surface area contributed by atoms with E-state index in [0.717, 1.165) is 16.7 Å². The van der Waals surface area contributed by atoms with Crippen molar-refractivity contribution in [2.24, 2.45) is 0 Å². The first-order valence-corrected chi connectivity index (χ1v) is 9.79. The molecule has 0 unspecified atom stereocenters. The van der Waals surface area contributed by atoms with Crippen LogP contribution in [0.5, 0.6) is 0 Å². The third-order valence-electron chi connectivity index (χ3n) is 4.11. The molecule has 146 valence electrons. The van der Waals surface area contributed by atoms with E-state index in [2.05, 4.69) is 15.5 Å². The number of anilines is 1. The van der Waals surface area contributed by atoms with Crippen molar-refractivity contribution in [3.05, 3.63) is 52.0 Å². The Morgan fingerprint density at radius 1 is 1.29 bits per heavy atom. The van der Waals surface area contributed by atoms with Gasteiger partial charge < -0.3 is 14.6 Å². The fourth-order valence-corrected chi connectivity index (χ4v) is 3.21. The highest BCUT2D eigenvalue weighted by molar-refractivity contribution is 7.08. The standard InChI is InChI=1S/C20H21N3O4S/c1-12-4-5-16(13(2)10-12)21-20(25)14(3)26-18(24)7-6-17-22-19(23-27-17)15-8-9-28-11-15/h4-5,8-11,14H,6-7H2,1-3H3,(H,21,25)/t14-/m0/s1. The van der Waals surface area contributed by atoms with Crippen LogP contribution in [0.4, 0.5) is 5.69 Å². The smallest absolute Gasteiger partial charge is 0.307 e. The number of carbonyl (C=O) groups excluding carboxylic acids is 2. The fourth-order valence-electron chi connectivity index (χ4n) is 2.57. The number of aryl methyl sites for hydroxylation is 3. The summed E-state index contributed by atoms with van der Waals surface area (Å²) in [5, 5.41) is 10.5. The lowest BCUT2D eigenvalue weighted by Gasteiger charge is -2.14. The van der Waals surface area contributed by atoms with Crippen LogP contribution in [0.2, 0.25) is 0 Å². The molecule has 2 heterocycles. The van der Waals surface area contributed by atoms with Gasteiger partial charge in [-0.25, -0.2) is 0 Å². The lowest BCUT2D eigenvalue weighted by molar-refractivity contribution is -0.153. The molecular formula is C20H21N3O4S. The lowest BCUT2D eigenvalue weighted by Crippen LogP contribution is -2.30. The molecule has 0 bridgehead atoms. The second-order valence-electron chi connectivity index (χ2n) is 6.46. The minimum atomic E-state index is -0.905. The Morgan fingerprint density at radius 3 is 2.82 bits per heavy atom. The lowest BCUT2D eigenvalue weighted by atomic mass is 10.1. The van der Waals surface area contributed by atoms with Crippen molar-refractivity contribution in [2.75, 3.05) is 5.32 Å². The van der Waals surface area contributed by atoms with Gasteiger partial charge in [0.25, 0.3) is 5.91 Å². The second kappa shape index (κ2) is 8.79. The van der Waals surface area contributed by atoms with Crippen molar-refractivity contribution in [2.45, 2.75) is 39.7 Å². The summed E-state index contributed by atoms with van der Waals surface area (Å²) >= 11 is 1.54. The summed E-state index contributed by atoms with van der Waals surface area (Å²) in [6.07, 6.45) is -0.606. The first-order valence-electron chi connectivity index (χ1n) is 8.85. The predicted molar refractivity (Wildman–Crippen MR) is 106 cm³/mol. The van der Waals surface area contributed by atoms with Crippen LogP contribution in [0.3, 0.4) is 0 Å². The maximum atomic E-state index is 12.3. The maximum Gasteiger partial charge on any atom is 0.307 e. The van der Waals surface area contributed by atoms with Crippen LogP contribution < -0.4 is 5.32 Å². The number of rotatable bonds is 7. The summed E-state index contributed by atoms with van der Waals surface area (Å²) in [7, 11) is 0. The Bertz CT molecular complexity index is 966. The number of esters is 1. The molecule has 3 rings (SSSR count). The highest BCUT2D eigenvalue weighted by Crippen LogP contribution is 2.19. The van der Waals surface area contributed by atoms with Gasteiger partial charge in [0.05, 0.1) is 6.42 Å². The van der Waals surface area contributed by atoms with Gasteiger partial charge in [-0.15, -0.1) is 0 Å². The minimum absolute atomic E-state index is 0.0481. The number of nitrogens with one attached hydrogen (secondary N) is 1. The molecule has 0 saturated heterocycles. The third-order valence-corrected chi connectivity index (χ3v) is 4.79. The van der Waals surface area contributed by atoms with Crippen molar-refractivity contribution in [1.29, 1.82) is 0 Å². The molecule has 7 nitrogen and oxygen atoms in total. The van der Waals surface area contributed by atoms with E-state index in [4.69, 9.17) is 9.26 Å². The number of amides is 1.